The van der Waals surface area contributed by atoms with E-state index in [4.69, 9.17) is 26.1 Å². The van der Waals surface area contributed by atoms with Crippen molar-refractivity contribution in [2.75, 3.05) is 32.2 Å². The molecule has 1 aromatic carbocycles. The second-order valence-corrected chi connectivity index (χ2v) is 9.74. The third-order valence-corrected chi connectivity index (χ3v) is 7.14. The molecule has 7 nitrogen and oxygen atoms in total. The van der Waals surface area contributed by atoms with E-state index in [1.165, 1.54) is 0 Å². The lowest BCUT2D eigenvalue weighted by Crippen LogP contribution is -2.42. The molecule has 3 aromatic rings. The number of ether oxygens (including phenoxy) is 2. The van der Waals surface area contributed by atoms with Crippen molar-refractivity contribution in [3.05, 3.63) is 46.0 Å². The van der Waals surface area contributed by atoms with Crippen LogP contribution in [-0.2, 0) is 6.54 Å². The monoisotopic (exact) mass is 485 g/mol. The van der Waals surface area contributed by atoms with Gasteiger partial charge >= 0.3 is 0 Å². The van der Waals surface area contributed by atoms with Crippen molar-refractivity contribution in [3.63, 3.8) is 0 Å². The first-order valence-electron chi connectivity index (χ1n) is 11.6. The Balaban J connectivity index is 1.76. The first-order chi connectivity index (χ1) is 16.2. The topological polar surface area (TPSA) is 76.8 Å². The molecule has 0 bridgehead atoms. The lowest BCUT2D eigenvalue weighted by Gasteiger charge is -2.38. The molecule has 1 saturated heterocycles. The number of hydrogen-bond acceptors (Lipinski definition) is 6. The zero-order valence-corrected chi connectivity index (χ0v) is 21.1. The molecule has 0 spiro atoms. The van der Waals surface area contributed by atoms with Gasteiger partial charge in [-0.25, -0.2) is 4.98 Å². The van der Waals surface area contributed by atoms with Crippen molar-refractivity contribution in [3.8, 4) is 22.6 Å². The largest absolute Gasteiger partial charge is 0.493 e. The van der Waals surface area contributed by atoms with Crippen molar-refractivity contribution >= 4 is 28.2 Å². The van der Waals surface area contributed by atoms with Gasteiger partial charge in [-0.05, 0) is 57.7 Å². The Morgan fingerprint density at radius 2 is 1.74 bits per heavy atom. The van der Waals surface area contributed by atoms with Gasteiger partial charge in [0, 0.05) is 48.5 Å². The number of nitrogens with zero attached hydrogens (tertiary/aromatic N) is 3. The molecular formula is C26H32ClN3O4. The number of aryl methyl sites for hydroxylation is 1. The molecule has 0 aliphatic carbocycles. The average Bonchev–Trinajstić information content (AvgIpc) is 2.83. The number of aromatic nitrogens is 2. The van der Waals surface area contributed by atoms with Crippen LogP contribution in [0.15, 0.2) is 35.4 Å². The fraction of sp³-hybridized carbons (Fsp3) is 0.462. The summed E-state index contributed by atoms with van der Waals surface area (Å²) in [5.41, 5.74) is 0.895. The molecule has 34 heavy (non-hydrogen) atoms. The van der Waals surface area contributed by atoms with Gasteiger partial charge in [0.15, 0.2) is 11.5 Å². The van der Waals surface area contributed by atoms with E-state index in [-0.39, 0.29) is 11.5 Å². The number of benzene rings is 1. The second kappa shape index (κ2) is 9.47. The summed E-state index contributed by atoms with van der Waals surface area (Å²) in [5, 5.41) is 12.2. The van der Waals surface area contributed by atoms with Crippen molar-refractivity contribution in [1.82, 2.24) is 9.55 Å². The van der Waals surface area contributed by atoms with Crippen LogP contribution in [0.3, 0.4) is 0 Å². The number of anilines is 1. The molecular weight excluding hydrogens is 454 g/mol. The average molecular weight is 486 g/mol. The van der Waals surface area contributed by atoms with E-state index in [1.54, 1.807) is 31.0 Å². The fourth-order valence-electron chi connectivity index (χ4n) is 4.79. The van der Waals surface area contributed by atoms with Crippen LogP contribution < -0.4 is 19.9 Å². The maximum Gasteiger partial charge on any atom is 0.258 e. The van der Waals surface area contributed by atoms with Crippen molar-refractivity contribution in [2.45, 2.75) is 45.8 Å². The van der Waals surface area contributed by atoms with E-state index in [2.05, 4.69) is 4.90 Å². The zero-order valence-electron chi connectivity index (χ0n) is 20.4. The number of fused-ring (bicyclic) bond motifs is 1. The van der Waals surface area contributed by atoms with Crippen molar-refractivity contribution in [1.29, 1.82) is 0 Å². The lowest BCUT2D eigenvalue weighted by molar-refractivity contribution is 0.00646. The number of hydrogen-bond donors (Lipinski definition) is 1. The minimum Gasteiger partial charge on any atom is -0.493 e. The van der Waals surface area contributed by atoms with Crippen LogP contribution >= 0.6 is 11.6 Å². The molecule has 1 aliphatic rings. The quantitative estimate of drug-likeness (QED) is 0.543. The summed E-state index contributed by atoms with van der Waals surface area (Å²) in [5.74, 6) is 2.06. The highest BCUT2D eigenvalue weighted by atomic mass is 35.5. The first kappa shape index (κ1) is 24.4. The third-order valence-electron chi connectivity index (χ3n) is 6.86. The predicted octanol–water partition coefficient (Wildman–Crippen LogP) is 4.74. The minimum absolute atomic E-state index is 0.0902. The number of methoxy groups -OCH3 is 2. The summed E-state index contributed by atoms with van der Waals surface area (Å²) in [6, 6.07) is 5.46. The van der Waals surface area contributed by atoms with E-state index >= 15 is 0 Å². The van der Waals surface area contributed by atoms with E-state index < -0.39 is 5.60 Å². The van der Waals surface area contributed by atoms with E-state index in [0.717, 1.165) is 48.3 Å². The Hall–Kier alpha value is -2.77. The molecule has 182 valence electrons. The van der Waals surface area contributed by atoms with Crippen LogP contribution in [0, 0.1) is 5.92 Å². The molecule has 2 aromatic heterocycles. The fourth-order valence-corrected chi connectivity index (χ4v) is 5.08. The van der Waals surface area contributed by atoms with Crippen LogP contribution in [0.4, 0.5) is 5.82 Å². The van der Waals surface area contributed by atoms with Crippen LogP contribution in [0.25, 0.3) is 21.9 Å². The second-order valence-electron chi connectivity index (χ2n) is 9.33. The van der Waals surface area contributed by atoms with E-state index in [1.807, 2.05) is 39.1 Å². The summed E-state index contributed by atoms with van der Waals surface area (Å²) in [6.07, 6.45) is 5.42. The van der Waals surface area contributed by atoms with Gasteiger partial charge in [0.1, 0.15) is 5.82 Å². The highest BCUT2D eigenvalue weighted by Gasteiger charge is 2.31. The first-order valence-corrected chi connectivity index (χ1v) is 12.0. The molecule has 1 fully saturated rings. The zero-order chi connectivity index (χ0) is 24.6. The molecule has 0 atom stereocenters. The van der Waals surface area contributed by atoms with Gasteiger partial charge in [-0.2, -0.15) is 0 Å². The predicted molar refractivity (Wildman–Crippen MR) is 136 cm³/mol. The molecule has 8 heteroatoms. The van der Waals surface area contributed by atoms with Crippen LogP contribution in [-0.4, -0.2) is 47.6 Å². The Kier molecular flexibility index (Phi) is 6.78. The highest BCUT2D eigenvalue weighted by molar-refractivity contribution is 6.33. The number of aliphatic hydroxyl groups is 1. The number of pyridine rings is 2. The summed E-state index contributed by atoms with van der Waals surface area (Å²) in [7, 11) is 3.13. The molecule has 1 N–H and O–H groups in total. The Labute approximate surface area is 204 Å². The maximum atomic E-state index is 13.0. The van der Waals surface area contributed by atoms with Gasteiger partial charge in [-0.3, -0.25) is 4.79 Å². The van der Waals surface area contributed by atoms with Gasteiger partial charge in [0.25, 0.3) is 5.56 Å². The standard InChI is InChI=1S/C26H32ClN3O4/c1-6-29-15-20(18-12-22(33-4)23(34-5)13-19(18)25(29)31)16-11-21(27)24(28-14-16)30-9-7-17(8-10-30)26(2,3)32/h11-15,17,32H,6-10H2,1-5H3. The van der Waals surface area contributed by atoms with Crippen LogP contribution in [0.1, 0.15) is 33.6 Å². The van der Waals surface area contributed by atoms with Gasteiger partial charge < -0.3 is 24.0 Å². The highest BCUT2D eigenvalue weighted by Crippen LogP contribution is 2.38. The summed E-state index contributed by atoms with van der Waals surface area (Å²) < 4.78 is 12.6. The summed E-state index contributed by atoms with van der Waals surface area (Å²) >= 11 is 6.73. The van der Waals surface area contributed by atoms with Crippen molar-refractivity contribution in [2.24, 2.45) is 5.92 Å². The molecule has 0 unspecified atom stereocenters. The van der Waals surface area contributed by atoms with Gasteiger partial charge in [-0.15, -0.1) is 0 Å². The molecule has 0 saturated carbocycles. The SMILES string of the molecule is CCn1cc(-c2cnc(N3CCC(C(C)(C)O)CC3)c(Cl)c2)c2cc(OC)c(OC)cc2c1=O. The molecule has 0 radical (unpaired) electrons. The Morgan fingerprint density at radius 1 is 1.12 bits per heavy atom. The van der Waals surface area contributed by atoms with Gasteiger partial charge in [0.2, 0.25) is 0 Å². The van der Waals surface area contributed by atoms with E-state index in [9.17, 15) is 9.90 Å². The number of piperidine rings is 1. The summed E-state index contributed by atoms with van der Waals surface area (Å²) in [4.78, 5) is 19.9. The van der Waals surface area contributed by atoms with Gasteiger partial charge in [0.05, 0.1) is 30.2 Å². The molecule has 1 aliphatic heterocycles. The molecule has 3 heterocycles. The number of halogens is 1. The molecule has 0 amide bonds. The minimum atomic E-state index is -0.680. The van der Waals surface area contributed by atoms with Crippen LogP contribution in [0.5, 0.6) is 11.5 Å². The molecule has 4 rings (SSSR count). The van der Waals surface area contributed by atoms with Crippen molar-refractivity contribution < 1.29 is 14.6 Å². The summed E-state index contributed by atoms with van der Waals surface area (Å²) in [6.45, 7) is 7.80. The Bertz CT molecular complexity index is 1260. The van der Waals surface area contributed by atoms with Crippen LogP contribution in [0.2, 0.25) is 5.02 Å². The maximum absolute atomic E-state index is 13.0. The van der Waals surface area contributed by atoms with E-state index in [0.29, 0.717) is 28.5 Å². The Morgan fingerprint density at radius 3 is 2.26 bits per heavy atom. The normalized spacial score (nSPS) is 15.1. The number of rotatable bonds is 6. The smallest absolute Gasteiger partial charge is 0.258 e. The van der Waals surface area contributed by atoms with Gasteiger partial charge in [-0.1, -0.05) is 11.6 Å². The third kappa shape index (κ3) is 4.46. The lowest BCUT2D eigenvalue weighted by atomic mass is 9.83.